The lowest BCUT2D eigenvalue weighted by Crippen LogP contribution is -2.17. The van der Waals surface area contributed by atoms with Crippen molar-refractivity contribution in [3.63, 3.8) is 0 Å². The number of nitrogens with one attached hydrogen (secondary N) is 1. The van der Waals surface area contributed by atoms with Gasteiger partial charge in [-0.05, 0) is 24.1 Å². The average molecular weight is 177 g/mol. The van der Waals surface area contributed by atoms with E-state index in [1.807, 2.05) is 6.07 Å². The van der Waals surface area contributed by atoms with Gasteiger partial charge in [-0.25, -0.2) is 4.39 Å². The highest BCUT2D eigenvalue weighted by atomic mass is 19.1. The minimum absolute atomic E-state index is 0.186. The first-order valence-electron chi connectivity index (χ1n) is 4.21. The van der Waals surface area contributed by atoms with Gasteiger partial charge in [-0.3, -0.25) is 0 Å². The van der Waals surface area contributed by atoms with Crippen molar-refractivity contribution in [3.05, 3.63) is 35.6 Å². The van der Waals surface area contributed by atoms with E-state index in [-0.39, 0.29) is 5.82 Å². The third-order valence-electron chi connectivity index (χ3n) is 1.71. The summed E-state index contributed by atoms with van der Waals surface area (Å²) in [6.45, 7) is 1.35. The highest BCUT2D eigenvalue weighted by Gasteiger charge is 1.93. The van der Waals surface area contributed by atoms with Gasteiger partial charge in [-0.15, -0.1) is 6.42 Å². The standard InChI is InChI=1S/C11H12FN/c1-2-7-13-8-6-10-4-3-5-11(12)9-10/h1,3-5,9,13H,6-8H2. The summed E-state index contributed by atoms with van der Waals surface area (Å²) < 4.78 is 12.7. The second-order valence-corrected chi connectivity index (χ2v) is 2.76. The molecular weight excluding hydrogens is 165 g/mol. The van der Waals surface area contributed by atoms with Gasteiger partial charge in [0, 0.05) is 6.54 Å². The van der Waals surface area contributed by atoms with Crippen LogP contribution in [-0.2, 0) is 6.42 Å². The summed E-state index contributed by atoms with van der Waals surface area (Å²) in [4.78, 5) is 0. The van der Waals surface area contributed by atoms with E-state index in [9.17, 15) is 4.39 Å². The van der Waals surface area contributed by atoms with Gasteiger partial charge in [0.2, 0.25) is 0 Å². The number of halogens is 1. The lowest BCUT2D eigenvalue weighted by molar-refractivity contribution is 0.624. The molecule has 0 radical (unpaired) electrons. The van der Waals surface area contributed by atoms with Crippen molar-refractivity contribution >= 4 is 0 Å². The van der Waals surface area contributed by atoms with Crippen LogP contribution in [0.2, 0.25) is 0 Å². The first kappa shape index (κ1) is 9.76. The molecule has 1 aromatic carbocycles. The summed E-state index contributed by atoms with van der Waals surface area (Å²) in [5, 5.41) is 3.04. The van der Waals surface area contributed by atoms with Crippen LogP contribution in [0.15, 0.2) is 24.3 Å². The molecule has 0 unspecified atom stereocenters. The largest absolute Gasteiger partial charge is 0.306 e. The highest BCUT2D eigenvalue weighted by molar-refractivity contribution is 5.16. The smallest absolute Gasteiger partial charge is 0.123 e. The first-order chi connectivity index (χ1) is 6.33. The molecule has 0 aromatic heterocycles. The van der Waals surface area contributed by atoms with Gasteiger partial charge in [0.25, 0.3) is 0 Å². The Kier molecular flexibility index (Phi) is 4.01. The molecule has 1 N–H and O–H groups in total. The third-order valence-corrected chi connectivity index (χ3v) is 1.71. The maximum absolute atomic E-state index is 12.7. The zero-order valence-corrected chi connectivity index (χ0v) is 7.39. The summed E-state index contributed by atoms with van der Waals surface area (Å²) in [6, 6.07) is 6.60. The van der Waals surface area contributed by atoms with Gasteiger partial charge in [-0.2, -0.15) is 0 Å². The van der Waals surface area contributed by atoms with E-state index in [1.54, 1.807) is 6.07 Å². The van der Waals surface area contributed by atoms with E-state index in [2.05, 4.69) is 11.2 Å². The van der Waals surface area contributed by atoms with Gasteiger partial charge >= 0.3 is 0 Å². The number of hydrogen-bond donors (Lipinski definition) is 1. The summed E-state index contributed by atoms with van der Waals surface area (Å²) in [7, 11) is 0. The van der Waals surface area contributed by atoms with Gasteiger partial charge < -0.3 is 5.32 Å². The average Bonchev–Trinajstić information content (AvgIpc) is 2.13. The number of benzene rings is 1. The minimum atomic E-state index is -0.186. The molecule has 0 aliphatic rings. The Hall–Kier alpha value is -1.33. The van der Waals surface area contributed by atoms with Crippen molar-refractivity contribution < 1.29 is 4.39 Å². The monoisotopic (exact) mass is 177 g/mol. The lowest BCUT2D eigenvalue weighted by atomic mass is 10.1. The number of terminal acetylenes is 1. The molecule has 0 aliphatic carbocycles. The quantitative estimate of drug-likeness (QED) is 0.544. The topological polar surface area (TPSA) is 12.0 Å². The van der Waals surface area contributed by atoms with E-state index in [4.69, 9.17) is 6.42 Å². The molecule has 0 atom stereocenters. The molecule has 13 heavy (non-hydrogen) atoms. The zero-order chi connectivity index (χ0) is 9.52. The SMILES string of the molecule is C#CCNCCc1cccc(F)c1. The number of rotatable bonds is 4. The Morgan fingerprint density at radius 1 is 1.46 bits per heavy atom. The predicted octanol–water partition coefficient (Wildman–Crippen LogP) is 1.59. The molecule has 2 heteroatoms. The molecule has 0 bridgehead atoms. The Labute approximate surface area is 78.0 Å². The second kappa shape index (κ2) is 5.34. The summed E-state index contributed by atoms with van der Waals surface area (Å²) >= 11 is 0. The van der Waals surface area contributed by atoms with Crippen LogP contribution < -0.4 is 5.32 Å². The Morgan fingerprint density at radius 2 is 2.31 bits per heavy atom. The maximum Gasteiger partial charge on any atom is 0.123 e. The van der Waals surface area contributed by atoms with Crippen molar-refractivity contribution in [2.75, 3.05) is 13.1 Å². The molecule has 0 aliphatic heterocycles. The number of hydrogen-bond acceptors (Lipinski definition) is 1. The molecule has 0 spiro atoms. The van der Waals surface area contributed by atoms with Gasteiger partial charge in [0.15, 0.2) is 0 Å². The predicted molar refractivity (Wildman–Crippen MR) is 51.8 cm³/mol. The highest BCUT2D eigenvalue weighted by Crippen LogP contribution is 2.03. The Balaban J connectivity index is 2.33. The molecule has 0 saturated heterocycles. The fourth-order valence-electron chi connectivity index (χ4n) is 1.09. The molecule has 1 nitrogen and oxygen atoms in total. The summed E-state index contributed by atoms with van der Waals surface area (Å²) in [5.41, 5.74) is 0.990. The second-order valence-electron chi connectivity index (χ2n) is 2.76. The summed E-state index contributed by atoms with van der Waals surface area (Å²) in [6.07, 6.45) is 5.86. The van der Waals surface area contributed by atoms with E-state index >= 15 is 0 Å². The lowest BCUT2D eigenvalue weighted by Gasteiger charge is -2.01. The van der Waals surface area contributed by atoms with Gasteiger partial charge in [0.05, 0.1) is 6.54 Å². The molecule has 1 rings (SSSR count). The normalized spacial score (nSPS) is 9.54. The maximum atomic E-state index is 12.7. The van der Waals surface area contributed by atoms with Crippen LogP contribution in [0.3, 0.4) is 0 Å². The van der Waals surface area contributed by atoms with E-state index < -0.39 is 0 Å². The van der Waals surface area contributed by atoms with Crippen molar-refractivity contribution in [1.29, 1.82) is 0 Å². The van der Waals surface area contributed by atoms with Gasteiger partial charge in [-0.1, -0.05) is 18.1 Å². The molecule has 1 aromatic rings. The van der Waals surface area contributed by atoms with Crippen LogP contribution >= 0.6 is 0 Å². The Morgan fingerprint density at radius 3 is 3.00 bits per heavy atom. The van der Waals surface area contributed by atoms with Crippen LogP contribution in [0, 0.1) is 18.2 Å². The van der Waals surface area contributed by atoms with Crippen molar-refractivity contribution in [1.82, 2.24) is 5.32 Å². The van der Waals surface area contributed by atoms with Crippen molar-refractivity contribution in [2.45, 2.75) is 6.42 Å². The zero-order valence-electron chi connectivity index (χ0n) is 7.39. The molecule has 0 fully saturated rings. The third kappa shape index (κ3) is 3.73. The van der Waals surface area contributed by atoms with Crippen LogP contribution in [0.1, 0.15) is 5.56 Å². The molecular formula is C11H12FN. The van der Waals surface area contributed by atoms with Crippen LogP contribution in [0.4, 0.5) is 4.39 Å². The van der Waals surface area contributed by atoms with Crippen LogP contribution in [-0.4, -0.2) is 13.1 Å². The molecule has 0 amide bonds. The summed E-state index contributed by atoms with van der Waals surface area (Å²) in [5.74, 6) is 2.29. The van der Waals surface area contributed by atoms with Crippen molar-refractivity contribution in [2.24, 2.45) is 0 Å². The van der Waals surface area contributed by atoms with Gasteiger partial charge in [0.1, 0.15) is 5.82 Å². The molecule has 0 heterocycles. The molecule has 68 valence electrons. The fraction of sp³-hybridized carbons (Fsp3) is 0.273. The van der Waals surface area contributed by atoms with E-state index in [1.165, 1.54) is 12.1 Å². The minimum Gasteiger partial charge on any atom is -0.306 e. The van der Waals surface area contributed by atoms with Crippen molar-refractivity contribution in [3.8, 4) is 12.3 Å². The molecule has 0 saturated carbocycles. The fourth-order valence-corrected chi connectivity index (χ4v) is 1.09. The van der Waals surface area contributed by atoms with Crippen LogP contribution in [0.5, 0.6) is 0 Å². The Bertz CT molecular complexity index is 301. The van der Waals surface area contributed by atoms with Crippen LogP contribution in [0.25, 0.3) is 0 Å². The first-order valence-corrected chi connectivity index (χ1v) is 4.21. The van der Waals surface area contributed by atoms with E-state index in [0.29, 0.717) is 6.54 Å². The van der Waals surface area contributed by atoms with E-state index in [0.717, 1.165) is 18.5 Å².